The topological polar surface area (TPSA) is 86.9 Å². The highest BCUT2D eigenvalue weighted by molar-refractivity contribution is 7.99. The van der Waals surface area contributed by atoms with Crippen LogP contribution in [0.25, 0.3) is 22.4 Å². The van der Waals surface area contributed by atoms with Crippen LogP contribution in [0.5, 0.6) is 0 Å². The molecule has 0 aliphatic rings. The van der Waals surface area contributed by atoms with Crippen LogP contribution >= 0.6 is 11.8 Å². The summed E-state index contributed by atoms with van der Waals surface area (Å²) in [6, 6.07) is 17.2. The predicted molar refractivity (Wildman–Crippen MR) is 96.0 cm³/mol. The molecule has 0 atom stereocenters. The molecule has 122 valence electrons. The lowest BCUT2D eigenvalue weighted by Gasteiger charge is -2.11. The molecule has 5 nitrogen and oxygen atoms in total. The zero-order chi connectivity index (χ0) is 17.6. The second-order valence-electron chi connectivity index (χ2n) is 5.14. The van der Waals surface area contributed by atoms with Crippen molar-refractivity contribution in [3.05, 3.63) is 66.5 Å². The number of carboxylic acids is 1. The van der Waals surface area contributed by atoms with Crippen LogP contribution in [-0.2, 0) is 4.79 Å². The van der Waals surface area contributed by atoms with Gasteiger partial charge in [-0.15, -0.1) is 0 Å². The summed E-state index contributed by atoms with van der Waals surface area (Å²) in [5.41, 5.74) is 3.44. The summed E-state index contributed by atoms with van der Waals surface area (Å²) in [7, 11) is 0. The third kappa shape index (κ3) is 3.84. The van der Waals surface area contributed by atoms with E-state index in [9.17, 15) is 10.1 Å². The van der Waals surface area contributed by atoms with Crippen LogP contribution in [0, 0.1) is 11.3 Å². The van der Waals surface area contributed by atoms with Gasteiger partial charge in [0.05, 0.1) is 17.0 Å². The Morgan fingerprint density at radius 3 is 2.56 bits per heavy atom. The van der Waals surface area contributed by atoms with Crippen molar-refractivity contribution < 1.29 is 9.90 Å². The lowest BCUT2D eigenvalue weighted by molar-refractivity contribution is -0.133. The molecule has 0 bridgehead atoms. The van der Waals surface area contributed by atoms with Gasteiger partial charge in [0.1, 0.15) is 11.1 Å². The van der Waals surface area contributed by atoms with Crippen LogP contribution in [0.2, 0.25) is 0 Å². The summed E-state index contributed by atoms with van der Waals surface area (Å²) in [4.78, 5) is 19.6. The first kappa shape index (κ1) is 16.7. The van der Waals surface area contributed by atoms with Gasteiger partial charge in [-0.3, -0.25) is 9.78 Å². The number of aliphatic carboxylic acids is 1. The normalized spacial score (nSPS) is 10.2. The molecule has 6 heteroatoms. The van der Waals surface area contributed by atoms with Gasteiger partial charge in [-0.1, -0.05) is 42.1 Å². The van der Waals surface area contributed by atoms with Crippen LogP contribution in [0.1, 0.15) is 5.56 Å². The molecule has 0 fully saturated rings. The van der Waals surface area contributed by atoms with E-state index in [-0.39, 0.29) is 5.75 Å². The largest absolute Gasteiger partial charge is 0.481 e. The van der Waals surface area contributed by atoms with E-state index in [1.165, 1.54) is 0 Å². The maximum atomic E-state index is 10.9. The van der Waals surface area contributed by atoms with E-state index in [1.807, 2.05) is 48.5 Å². The number of pyridine rings is 2. The van der Waals surface area contributed by atoms with Crippen LogP contribution in [-0.4, -0.2) is 26.8 Å². The number of thioether (sulfide) groups is 1. The van der Waals surface area contributed by atoms with Gasteiger partial charge < -0.3 is 5.11 Å². The number of carbonyl (C=O) groups is 1. The van der Waals surface area contributed by atoms with E-state index in [0.717, 1.165) is 28.5 Å². The Balaban J connectivity index is 2.20. The van der Waals surface area contributed by atoms with Crippen molar-refractivity contribution >= 4 is 17.7 Å². The van der Waals surface area contributed by atoms with Crippen molar-refractivity contribution in [2.75, 3.05) is 5.75 Å². The van der Waals surface area contributed by atoms with Crippen molar-refractivity contribution in [2.24, 2.45) is 0 Å². The number of hydrogen-bond donors (Lipinski definition) is 1. The van der Waals surface area contributed by atoms with Gasteiger partial charge in [-0.05, 0) is 23.8 Å². The quantitative estimate of drug-likeness (QED) is 0.705. The highest BCUT2D eigenvalue weighted by Gasteiger charge is 2.16. The van der Waals surface area contributed by atoms with Crippen molar-refractivity contribution in [3.8, 4) is 28.5 Å². The molecule has 0 unspecified atom stereocenters. The average Bonchev–Trinajstić information content (AvgIpc) is 2.67. The first-order chi connectivity index (χ1) is 12.2. The Kier molecular flexibility index (Phi) is 5.07. The first-order valence-corrected chi connectivity index (χ1v) is 8.43. The summed E-state index contributed by atoms with van der Waals surface area (Å²) >= 11 is 1.04. The Morgan fingerprint density at radius 2 is 1.92 bits per heavy atom. The lowest BCUT2D eigenvalue weighted by Crippen LogP contribution is -2.01. The maximum absolute atomic E-state index is 10.9. The predicted octanol–water partition coefficient (Wildman–Crippen LogP) is 3.86. The lowest BCUT2D eigenvalue weighted by atomic mass is 10.00. The molecular formula is C19H13N3O2S. The minimum Gasteiger partial charge on any atom is -0.481 e. The van der Waals surface area contributed by atoms with Gasteiger partial charge in [0, 0.05) is 23.5 Å². The fraction of sp³-hybridized carbons (Fsp3) is 0.0526. The van der Waals surface area contributed by atoms with Gasteiger partial charge in [0.25, 0.3) is 0 Å². The zero-order valence-corrected chi connectivity index (χ0v) is 13.9. The van der Waals surface area contributed by atoms with Gasteiger partial charge in [-0.25, -0.2) is 4.98 Å². The summed E-state index contributed by atoms with van der Waals surface area (Å²) in [5, 5.41) is 19.0. The Morgan fingerprint density at radius 1 is 1.16 bits per heavy atom. The molecule has 0 aliphatic carbocycles. The van der Waals surface area contributed by atoms with Crippen LogP contribution < -0.4 is 0 Å². The van der Waals surface area contributed by atoms with Crippen molar-refractivity contribution in [2.45, 2.75) is 5.03 Å². The van der Waals surface area contributed by atoms with E-state index >= 15 is 0 Å². The third-order valence-corrected chi connectivity index (χ3v) is 4.43. The fourth-order valence-corrected chi connectivity index (χ4v) is 3.09. The molecular weight excluding hydrogens is 334 g/mol. The molecule has 0 aliphatic heterocycles. The molecule has 1 N–H and O–H groups in total. The van der Waals surface area contributed by atoms with E-state index < -0.39 is 5.97 Å². The SMILES string of the molecule is N#Cc1c(-c2ccccc2)cc(-c2cccnc2)nc1SCC(=O)O. The van der Waals surface area contributed by atoms with E-state index in [2.05, 4.69) is 16.0 Å². The number of aromatic nitrogens is 2. The Hall–Kier alpha value is -3.17. The van der Waals surface area contributed by atoms with E-state index in [4.69, 9.17) is 5.11 Å². The molecule has 3 aromatic rings. The molecule has 0 amide bonds. The number of nitrogens with zero attached hydrogens (tertiary/aromatic N) is 3. The molecule has 0 spiro atoms. The maximum Gasteiger partial charge on any atom is 0.313 e. The number of rotatable bonds is 5. The summed E-state index contributed by atoms with van der Waals surface area (Å²) in [6.45, 7) is 0. The molecule has 0 radical (unpaired) electrons. The minimum absolute atomic E-state index is 0.160. The number of benzene rings is 1. The van der Waals surface area contributed by atoms with Crippen molar-refractivity contribution in [3.63, 3.8) is 0 Å². The van der Waals surface area contributed by atoms with E-state index in [0.29, 0.717) is 16.3 Å². The molecule has 3 rings (SSSR count). The number of nitriles is 1. The molecule has 1 aromatic carbocycles. The monoisotopic (exact) mass is 347 g/mol. The molecule has 2 aromatic heterocycles. The fourth-order valence-electron chi connectivity index (χ4n) is 2.37. The Bertz CT molecular complexity index is 938. The van der Waals surface area contributed by atoms with Crippen LogP contribution in [0.15, 0.2) is 66.0 Å². The molecule has 0 saturated carbocycles. The number of hydrogen-bond acceptors (Lipinski definition) is 5. The van der Waals surface area contributed by atoms with Gasteiger partial charge in [0.15, 0.2) is 0 Å². The van der Waals surface area contributed by atoms with Gasteiger partial charge >= 0.3 is 5.97 Å². The average molecular weight is 347 g/mol. The minimum atomic E-state index is -0.955. The third-order valence-electron chi connectivity index (χ3n) is 3.47. The molecule has 2 heterocycles. The second-order valence-corrected chi connectivity index (χ2v) is 6.10. The zero-order valence-electron chi connectivity index (χ0n) is 13.1. The second kappa shape index (κ2) is 7.60. The van der Waals surface area contributed by atoms with Gasteiger partial charge in [-0.2, -0.15) is 5.26 Å². The Labute approximate surface area is 149 Å². The van der Waals surface area contributed by atoms with Gasteiger partial charge in [0.2, 0.25) is 0 Å². The molecule has 25 heavy (non-hydrogen) atoms. The highest BCUT2D eigenvalue weighted by Crippen LogP contribution is 2.33. The number of carboxylic acid groups (broad SMARTS) is 1. The van der Waals surface area contributed by atoms with Crippen molar-refractivity contribution in [1.82, 2.24) is 9.97 Å². The van der Waals surface area contributed by atoms with Crippen LogP contribution in [0.4, 0.5) is 0 Å². The van der Waals surface area contributed by atoms with E-state index in [1.54, 1.807) is 12.4 Å². The van der Waals surface area contributed by atoms with Crippen molar-refractivity contribution in [1.29, 1.82) is 5.26 Å². The standard InChI is InChI=1S/C19H13N3O2S/c20-10-16-15(13-5-2-1-3-6-13)9-17(14-7-4-8-21-11-14)22-19(16)25-12-18(23)24/h1-9,11H,12H2,(H,23,24). The highest BCUT2D eigenvalue weighted by atomic mass is 32.2. The summed E-state index contributed by atoms with van der Waals surface area (Å²) in [5.74, 6) is -1.12. The summed E-state index contributed by atoms with van der Waals surface area (Å²) < 4.78 is 0. The summed E-state index contributed by atoms with van der Waals surface area (Å²) in [6.07, 6.45) is 3.36. The first-order valence-electron chi connectivity index (χ1n) is 7.44. The van der Waals surface area contributed by atoms with Crippen LogP contribution in [0.3, 0.4) is 0 Å². The smallest absolute Gasteiger partial charge is 0.313 e. The molecule has 0 saturated heterocycles.